The van der Waals surface area contributed by atoms with Gasteiger partial charge in [-0.2, -0.15) is 0 Å². The summed E-state index contributed by atoms with van der Waals surface area (Å²) in [6.07, 6.45) is 0.624. The van der Waals surface area contributed by atoms with Crippen molar-refractivity contribution in [2.24, 2.45) is 5.92 Å². The summed E-state index contributed by atoms with van der Waals surface area (Å²) in [6.45, 7) is 6.06. The fourth-order valence-corrected chi connectivity index (χ4v) is 1.68. The molecule has 5 heteroatoms. The van der Waals surface area contributed by atoms with Crippen molar-refractivity contribution in [1.29, 1.82) is 0 Å². The minimum Gasteiger partial charge on any atom is -0.480 e. The Morgan fingerprint density at radius 2 is 2.06 bits per heavy atom. The maximum atomic E-state index is 10.8. The number of carbonyl (C=O) groups is 1. The van der Waals surface area contributed by atoms with Crippen LogP contribution < -0.4 is 5.32 Å². The Labute approximate surface area is 96.8 Å². The van der Waals surface area contributed by atoms with Gasteiger partial charge in [-0.25, -0.2) is 0 Å². The number of rotatable bonds is 8. The fourth-order valence-electron chi connectivity index (χ4n) is 1.68. The van der Waals surface area contributed by atoms with Crippen molar-refractivity contribution in [2.75, 3.05) is 20.3 Å². The first-order chi connectivity index (χ1) is 7.28. The summed E-state index contributed by atoms with van der Waals surface area (Å²) < 4.78 is 4.79. The summed E-state index contributed by atoms with van der Waals surface area (Å²) in [7, 11) is 1.45. The van der Waals surface area contributed by atoms with Crippen LogP contribution in [0.4, 0.5) is 0 Å². The number of aliphatic carboxylic acids is 1. The molecule has 0 saturated carbocycles. The van der Waals surface area contributed by atoms with E-state index in [9.17, 15) is 9.90 Å². The van der Waals surface area contributed by atoms with Crippen LogP contribution in [0.1, 0.15) is 27.2 Å². The van der Waals surface area contributed by atoms with Crippen LogP contribution in [0.15, 0.2) is 0 Å². The van der Waals surface area contributed by atoms with Crippen LogP contribution in [-0.2, 0) is 9.53 Å². The van der Waals surface area contributed by atoms with Gasteiger partial charge in [0.05, 0.1) is 12.2 Å². The zero-order valence-electron chi connectivity index (χ0n) is 10.5. The summed E-state index contributed by atoms with van der Waals surface area (Å²) in [5.74, 6) is -0.607. The molecule has 0 rings (SSSR count). The van der Waals surface area contributed by atoms with Crippen molar-refractivity contribution in [1.82, 2.24) is 5.32 Å². The van der Waals surface area contributed by atoms with E-state index in [0.717, 1.165) is 0 Å². The van der Waals surface area contributed by atoms with Crippen LogP contribution in [0.25, 0.3) is 0 Å². The quantitative estimate of drug-likeness (QED) is 0.568. The van der Waals surface area contributed by atoms with Gasteiger partial charge in [0.1, 0.15) is 6.04 Å². The SMILES string of the molecule is COCC(NCC(C)(O)CC(C)C)C(=O)O. The van der Waals surface area contributed by atoms with E-state index < -0.39 is 17.6 Å². The summed E-state index contributed by atoms with van der Waals surface area (Å²) in [4.78, 5) is 10.8. The lowest BCUT2D eigenvalue weighted by Crippen LogP contribution is -2.48. The van der Waals surface area contributed by atoms with Gasteiger partial charge in [0, 0.05) is 13.7 Å². The number of hydrogen-bond acceptors (Lipinski definition) is 4. The van der Waals surface area contributed by atoms with Crippen LogP contribution in [0.2, 0.25) is 0 Å². The molecule has 2 unspecified atom stereocenters. The first-order valence-corrected chi connectivity index (χ1v) is 5.46. The molecule has 5 nitrogen and oxygen atoms in total. The van der Waals surface area contributed by atoms with Gasteiger partial charge in [-0.1, -0.05) is 13.8 Å². The van der Waals surface area contributed by atoms with Crippen LogP contribution in [-0.4, -0.2) is 48.1 Å². The molecule has 0 fully saturated rings. The summed E-state index contributed by atoms with van der Waals surface area (Å²) in [5.41, 5.74) is -0.893. The minimum absolute atomic E-state index is 0.0904. The van der Waals surface area contributed by atoms with Crippen LogP contribution in [0, 0.1) is 5.92 Å². The molecule has 0 radical (unpaired) electrons. The van der Waals surface area contributed by atoms with E-state index in [-0.39, 0.29) is 13.2 Å². The average molecular weight is 233 g/mol. The number of nitrogens with one attached hydrogen (secondary N) is 1. The molecule has 0 aromatic rings. The molecule has 0 spiro atoms. The van der Waals surface area contributed by atoms with E-state index in [1.54, 1.807) is 6.92 Å². The van der Waals surface area contributed by atoms with Crippen molar-refractivity contribution in [2.45, 2.75) is 38.8 Å². The summed E-state index contributed by atoms with van der Waals surface area (Å²) in [5, 5.41) is 21.6. The van der Waals surface area contributed by atoms with Gasteiger partial charge in [-0.15, -0.1) is 0 Å². The lowest BCUT2D eigenvalue weighted by molar-refractivity contribution is -0.141. The van der Waals surface area contributed by atoms with Crippen molar-refractivity contribution < 1.29 is 19.7 Å². The zero-order valence-corrected chi connectivity index (χ0v) is 10.5. The number of carboxylic acids is 1. The normalized spacial score (nSPS) is 17.1. The highest BCUT2D eigenvalue weighted by molar-refractivity contribution is 5.73. The number of carboxylic acid groups (broad SMARTS) is 1. The Morgan fingerprint density at radius 3 is 2.44 bits per heavy atom. The first-order valence-electron chi connectivity index (χ1n) is 5.46. The lowest BCUT2D eigenvalue weighted by atomic mass is 9.94. The molecule has 96 valence electrons. The van der Waals surface area contributed by atoms with Gasteiger partial charge >= 0.3 is 5.97 Å². The molecule has 16 heavy (non-hydrogen) atoms. The predicted octanol–water partition coefficient (Wildman–Crippen LogP) is 0.473. The molecular formula is C11H23NO4. The van der Waals surface area contributed by atoms with Gasteiger partial charge in [0.2, 0.25) is 0 Å². The molecule has 0 bridgehead atoms. The van der Waals surface area contributed by atoms with E-state index in [4.69, 9.17) is 9.84 Å². The molecule has 0 aromatic carbocycles. The first kappa shape index (κ1) is 15.3. The molecular weight excluding hydrogens is 210 g/mol. The summed E-state index contributed by atoms with van der Waals surface area (Å²) in [6, 6.07) is -0.774. The Morgan fingerprint density at radius 1 is 1.50 bits per heavy atom. The second-order valence-electron chi connectivity index (χ2n) is 4.82. The van der Waals surface area contributed by atoms with E-state index >= 15 is 0 Å². The zero-order chi connectivity index (χ0) is 12.8. The Bertz CT molecular complexity index is 216. The van der Waals surface area contributed by atoms with Crippen molar-refractivity contribution in [3.05, 3.63) is 0 Å². The third kappa shape index (κ3) is 6.76. The van der Waals surface area contributed by atoms with E-state index in [1.165, 1.54) is 7.11 Å². The molecule has 0 aliphatic rings. The van der Waals surface area contributed by atoms with E-state index in [2.05, 4.69) is 5.32 Å². The molecule has 0 amide bonds. The number of methoxy groups -OCH3 is 1. The van der Waals surface area contributed by atoms with Crippen molar-refractivity contribution in [3.8, 4) is 0 Å². The van der Waals surface area contributed by atoms with Crippen molar-refractivity contribution >= 4 is 5.97 Å². The van der Waals surface area contributed by atoms with Gasteiger partial charge in [-0.3, -0.25) is 10.1 Å². The molecule has 2 atom stereocenters. The van der Waals surface area contributed by atoms with Gasteiger partial charge in [0.25, 0.3) is 0 Å². The van der Waals surface area contributed by atoms with Crippen LogP contribution >= 0.6 is 0 Å². The van der Waals surface area contributed by atoms with Crippen LogP contribution in [0.3, 0.4) is 0 Å². The Balaban J connectivity index is 4.13. The number of hydrogen-bond donors (Lipinski definition) is 3. The highest BCUT2D eigenvalue weighted by Crippen LogP contribution is 2.15. The molecule has 0 saturated heterocycles. The maximum absolute atomic E-state index is 10.8. The molecule has 0 heterocycles. The molecule has 0 aliphatic carbocycles. The highest BCUT2D eigenvalue weighted by atomic mass is 16.5. The largest absolute Gasteiger partial charge is 0.480 e. The highest BCUT2D eigenvalue weighted by Gasteiger charge is 2.25. The van der Waals surface area contributed by atoms with Gasteiger partial charge < -0.3 is 14.9 Å². The van der Waals surface area contributed by atoms with E-state index in [1.807, 2.05) is 13.8 Å². The number of ether oxygens (including phenoxy) is 1. The molecule has 3 N–H and O–H groups in total. The standard InChI is InChI=1S/C11H23NO4/c1-8(2)5-11(3,15)7-12-9(6-16-4)10(13)14/h8-9,12,15H,5-7H2,1-4H3,(H,13,14). The van der Waals surface area contributed by atoms with Gasteiger partial charge in [-0.05, 0) is 19.3 Å². The second-order valence-corrected chi connectivity index (χ2v) is 4.82. The van der Waals surface area contributed by atoms with Crippen LogP contribution in [0.5, 0.6) is 0 Å². The Hall–Kier alpha value is -0.650. The predicted molar refractivity (Wildman–Crippen MR) is 61.4 cm³/mol. The average Bonchev–Trinajstić information content (AvgIpc) is 2.09. The summed E-state index contributed by atoms with van der Waals surface area (Å²) >= 11 is 0. The topological polar surface area (TPSA) is 78.8 Å². The smallest absolute Gasteiger partial charge is 0.323 e. The second kappa shape index (κ2) is 6.83. The number of aliphatic hydroxyl groups is 1. The lowest BCUT2D eigenvalue weighted by Gasteiger charge is -2.27. The Kier molecular flexibility index (Phi) is 6.55. The minimum atomic E-state index is -0.970. The van der Waals surface area contributed by atoms with E-state index in [0.29, 0.717) is 12.3 Å². The molecule has 0 aromatic heterocycles. The van der Waals surface area contributed by atoms with Gasteiger partial charge in [0.15, 0.2) is 0 Å². The van der Waals surface area contributed by atoms with Crippen molar-refractivity contribution in [3.63, 3.8) is 0 Å². The third-order valence-electron chi connectivity index (χ3n) is 2.21. The maximum Gasteiger partial charge on any atom is 0.323 e. The molecule has 0 aliphatic heterocycles. The monoisotopic (exact) mass is 233 g/mol. The fraction of sp³-hybridized carbons (Fsp3) is 0.909. The third-order valence-corrected chi connectivity index (χ3v) is 2.21.